The van der Waals surface area contributed by atoms with Crippen molar-refractivity contribution in [1.29, 1.82) is 0 Å². The minimum atomic E-state index is 0.832. The fourth-order valence-corrected chi connectivity index (χ4v) is 2.70. The Morgan fingerprint density at radius 1 is 0.850 bits per heavy atom. The van der Waals surface area contributed by atoms with Gasteiger partial charge < -0.3 is 4.57 Å². The predicted octanol–water partition coefficient (Wildman–Crippen LogP) is 3.63. The SMILES string of the molecule is c1ccc(Cn2c3ccccc3c3ncncc32)cc1. The molecule has 0 radical (unpaired) electrons. The first-order valence-corrected chi connectivity index (χ1v) is 6.64. The minimum absolute atomic E-state index is 0.832. The van der Waals surface area contributed by atoms with Gasteiger partial charge in [0.15, 0.2) is 0 Å². The van der Waals surface area contributed by atoms with Gasteiger partial charge in [0.1, 0.15) is 6.33 Å². The normalized spacial score (nSPS) is 11.2. The summed E-state index contributed by atoms with van der Waals surface area (Å²) in [6, 6.07) is 18.8. The lowest BCUT2D eigenvalue weighted by Crippen LogP contribution is -1.99. The van der Waals surface area contributed by atoms with Crippen molar-refractivity contribution in [2.45, 2.75) is 6.54 Å². The summed E-state index contributed by atoms with van der Waals surface area (Å²) in [6.45, 7) is 0.832. The summed E-state index contributed by atoms with van der Waals surface area (Å²) in [7, 11) is 0. The zero-order valence-corrected chi connectivity index (χ0v) is 10.9. The maximum Gasteiger partial charge on any atom is 0.116 e. The Morgan fingerprint density at radius 3 is 2.55 bits per heavy atom. The smallest absolute Gasteiger partial charge is 0.116 e. The van der Waals surface area contributed by atoms with Crippen LogP contribution in [-0.4, -0.2) is 14.5 Å². The summed E-state index contributed by atoms with van der Waals surface area (Å²) in [4.78, 5) is 8.62. The van der Waals surface area contributed by atoms with Gasteiger partial charge in [-0.15, -0.1) is 0 Å². The van der Waals surface area contributed by atoms with Crippen LogP contribution in [0.1, 0.15) is 5.56 Å². The number of hydrogen-bond donors (Lipinski definition) is 0. The van der Waals surface area contributed by atoms with E-state index in [0.717, 1.165) is 17.6 Å². The Bertz CT molecular complexity index is 825. The third-order valence-corrected chi connectivity index (χ3v) is 3.62. The van der Waals surface area contributed by atoms with E-state index in [-0.39, 0.29) is 0 Å². The molecule has 96 valence electrons. The zero-order valence-electron chi connectivity index (χ0n) is 10.9. The van der Waals surface area contributed by atoms with E-state index in [1.54, 1.807) is 6.33 Å². The van der Waals surface area contributed by atoms with Gasteiger partial charge >= 0.3 is 0 Å². The quantitative estimate of drug-likeness (QED) is 0.550. The average molecular weight is 259 g/mol. The predicted molar refractivity (Wildman–Crippen MR) is 80.6 cm³/mol. The van der Waals surface area contributed by atoms with Gasteiger partial charge in [-0.25, -0.2) is 9.97 Å². The molecule has 2 aromatic carbocycles. The van der Waals surface area contributed by atoms with Crippen LogP contribution >= 0.6 is 0 Å². The van der Waals surface area contributed by atoms with E-state index in [2.05, 4.69) is 63.1 Å². The fourth-order valence-electron chi connectivity index (χ4n) is 2.70. The highest BCUT2D eigenvalue weighted by Gasteiger charge is 2.11. The van der Waals surface area contributed by atoms with Gasteiger partial charge in [0.25, 0.3) is 0 Å². The van der Waals surface area contributed by atoms with E-state index in [0.29, 0.717) is 0 Å². The van der Waals surface area contributed by atoms with Crippen molar-refractivity contribution in [3.63, 3.8) is 0 Å². The van der Waals surface area contributed by atoms with Gasteiger partial charge in [-0.2, -0.15) is 0 Å². The number of hydrogen-bond acceptors (Lipinski definition) is 2. The Hall–Kier alpha value is -2.68. The van der Waals surface area contributed by atoms with Crippen LogP contribution in [0.5, 0.6) is 0 Å². The molecule has 0 saturated heterocycles. The first kappa shape index (κ1) is 11.2. The zero-order chi connectivity index (χ0) is 13.4. The molecule has 0 aliphatic carbocycles. The molecule has 0 unspecified atom stereocenters. The van der Waals surface area contributed by atoms with Crippen LogP contribution in [0, 0.1) is 0 Å². The molecule has 0 saturated carbocycles. The highest BCUT2D eigenvalue weighted by atomic mass is 15.0. The van der Waals surface area contributed by atoms with Crippen LogP contribution in [0.15, 0.2) is 67.1 Å². The molecule has 0 aliphatic heterocycles. The number of aromatic nitrogens is 3. The van der Waals surface area contributed by atoms with Crippen molar-refractivity contribution in [3.05, 3.63) is 72.7 Å². The maximum atomic E-state index is 4.44. The molecule has 2 heterocycles. The first-order chi connectivity index (χ1) is 9.93. The first-order valence-electron chi connectivity index (χ1n) is 6.64. The topological polar surface area (TPSA) is 30.7 Å². The summed E-state index contributed by atoms with van der Waals surface area (Å²) in [5.74, 6) is 0. The van der Waals surface area contributed by atoms with Crippen LogP contribution in [0.2, 0.25) is 0 Å². The fraction of sp³-hybridized carbons (Fsp3) is 0.0588. The summed E-state index contributed by atoms with van der Waals surface area (Å²) in [6.07, 6.45) is 3.51. The van der Waals surface area contributed by atoms with Crippen molar-refractivity contribution in [3.8, 4) is 0 Å². The molecular weight excluding hydrogens is 246 g/mol. The summed E-state index contributed by atoms with van der Waals surface area (Å²) < 4.78 is 2.28. The molecule has 0 aliphatic rings. The standard InChI is InChI=1S/C17H13N3/c1-2-6-13(7-3-1)11-20-15-9-5-4-8-14(15)17-16(20)10-18-12-19-17/h1-10,12H,11H2. The molecular formula is C17H13N3. The highest BCUT2D eigenvalue weighted by molar-refractivity contribution is 6.05. The van der Waals surface area contributed by atoms with Gasteiger partial charge in [-0.3, -0.25) is 0 Å². The van der Waals surface area contributed by atoms with E-state index >= 15 is 0 Å². The average Bonchev–Trinajstić information content (AvgIpc) is 2.84. The van der Waals surface area contributed by atoms with Crippen LogP contribution in [0.3, 0.4) is 0 Å². The third kappa shape index (κ3) is 1.67. The molecule has 0 atom stereocenters. The van der Waals surface area contributed by atoms with Crippen molar-refractivity contribution < 1.29 is 0 Å². The summed E-state index contributed by atoms with van der Waals surface area (Å²) >= 11 is 0. The molecule has 3 heteroatoms. The number of rotatable bonds is 2. The van der Waals surface area contributed by atoms with Gasteiger partial charge in [-0.05, 0) is 11.6 Å². The van der Waals surface area contributed by atoms with Crippen molar-refractivity contribution >= 4 is 21.9 Å². The molecule has 3 nitrogen and oxygen atoms in total. The molecule has 4 rings (SSSR count). The Balaban J connectivity index is 2.00. The van der Waals surface area contributed by atoms with Gasteiger partial charge in [0.05, 0.1) is 22.7 Å². The van der Waals surface area contributed by atoms with Crippen LogP contribution in [0.25, 0.3) is 21.9 Å². The van der Waals surface area contributed by atoms with E-state index < -0.39 is 0 Å². The Morgan fingerprint density at radius 2 is 1.65 bits per heavy atom. The van der Waals surface area contributed by atoms with Crippen LogP contribution < -0.4 is 0 Å². The molecule has 2 aromatic heterocycles. The van der Waals surface area contributed by atoms with E-state index in [4.69, 9.17) is 0 Å². The largest absolute Gasteiger partial charge is 0.333 e. The number of benzene rings is 2. The third-order valence-electron chi connectivity index (χ3n) is 3.62. The highest BCUT2D eigenvalue weighted by Crippen LogP contribution is 2.27. The second-order valence-corrected chi connectivity index (χ2v) is 4.85. The second kappa shape index (κ2) is 4.46. The number of nitrogens with zero attached hydrogens (tertiary/aromatic N) is 3. The van der Waals surface area contributed by atoms with Crippen molar-refractivity contribution in [2.75, 3.05) is 0 Å². The second-order valence-electron chi connectivity index (χ2n) is 4.85. The van der Waals surface area contributed by atoms with E-state index in [1.165, 1.54) is 16.5 Å². The molecule has 0 N–H and O–H groups in total. The summed E-state index contributed by atoms with van der Waals surface area (Å²) in [5.41, 5.74) is 4.58. The van der Waals surface area contributed by atoms with E-state index in [1.807, 2.05) is 12.3 Å². The van der Waals surface area contributed by atoms with Crippen LogP contribution in [-0.2, 0) is 6.54 Å². The number of fused-ring (bicyclic) bond motifs is 3. The molecule has 0 spiro atoms. The molecule has 0 fully saturated rings. The maximum absolute atomic E-state index is 4.44. The number of para-hydroxylation sites is 1. The van der Waals surface area contributed by atoms with Crippen molar-refractivity contribution in [1.82, 2.24) is 14.5 Å². The lowest BCUT2D eigenvalue weighted by molar-refractivity contribution is 0.865. The van der Waals surface area contributed by atoms with E-state index in [9.17, 15) is 0 Å². The van der Waals surface area contributed by atoms with Gasteiger partial charge in [-0.1, -0.05) is 48.5 Å². The molecule has 0 amide bonds. The molecule has 20 heavy (non-hydrogen) atoms. The monoisotopic (exact) mass is 259 g/mol. The van der Waals surface area contributed by atoms with Crippen molar-refractivity contribution in [2.24, 2.45) is 0 Å². The lowest BCUT2D eigenvalue weighted by atomic mass is 10.2. The van der Waals surface area contributed by atoms with Gasteiger partial charge in [0, 0.05) is 11.9 Å². The molecule has 4 aromatic rings. The Labute approximate surface area is 116 Å². The minimum Gasteiger partial charge on any atom is -0.333 e. The van der Waals surface area contributed by atoms with Gasteiger partial charge in [0.2, 0.25) is 0 Å². The summed E-state index contributed by atoms with van der Waals surface area (Å²) in [5, 5.41) is 1.18. The Kier molecular flexibility index (Phi) is 2.49. The van der Waals surface area contributed by atoms with Crippen LogP contribution in [0.4, 0.5) is 0 Å². The lowest BCUT2D eigenvalue weighted by Gasteiger charge is -2.06. The molecule has 0 bridgehead atoms.